The molecule has 0 saturated carbocycles. The Morgan fingerprint density at radius 3 is 2.45 bits per heavy atom. The van der Waals surface area contributed by atoms with Crippen LogP contribution in [0.2, 0.25) is 0 Å². The number of carbonyl (C=O) groups is 1. The maximum atomic E-state index is 12.3. The SMILES string of the molecule is CC(C)c1[nH]nc(C(=O)Nc2c(Br)cccc2Br)c1N. The van der Waals surface area contributed by atoms with Gasteiger partial charge in [0.15, 0.2) is 5.69 Å². The van der Waals surface area contributed by atoms with E-state index in [-0.39, 0.29) is 17.5 Å². The molecule has 5 nitrogen and oxygen atoms in total. The number of hydrogen-bond acceptors (Lipinski definition) is 3. The van der Waals surface area contributed by atoms with Crippen LogP contribution in [-0.2, 0) is 0 Å². The molecule has 0 radical (unpaired) electrons. The lowest BCUT2D eigenvalue weighted by Gasteiger charge is -2.09. The molecule has 7 heteroatoms. The molecule has 0 aliphatic carbocycles. The third kappa shape index (κ3) is 2.88. The summed E-state index contributed by atoms with van der Waals surface area (Å²) in [6.07, 6.45) is 0. The molecule has 1 heterocycles. The van der Waals surface area contributed by atoms with Gasteiger partial charge in [-0.25, -0.2) is 0 Å². The number of nitrogens with one attached hydrogen (secondary N) is 2. The fraction of sp³-hybridized carbons (Fsp3) is 0.231. The molecule has 0 aliphatic rings. The van der Waals surface area contributed by atoms with Crippen LogP contribution in [0.15, 0.2) is 27.1 Å². The minimum absolute atomic E-state index is 0.180. The highest BCUT2D eigenvalue weighted by Gasteiger charge is 2.20. The summed E-state index contributed by atoms with van der Waals surface area (Å²) in [5.41, 5.74) is 7.96. The molecule has 0 spiro atoms. The first-order chi connectivity index (χ1) is 9.41. The van der Waals surface area contributed by atoms with Crippen molar-refractivity contribution in [2.75, 3.05) is 11.1 Å². The third-order valence-corrected chi connectivity index (χ3v) is 4.15. The van der Waals surface area contributed by atoms with Gasteiger partial charge < -0.3 is 11.1 Å². The van der Waals surface area contributed by atoms with Crippen molar-refractivity contribution in [3.8, 4) is 0 Å². The molecule has 0 atom stereocenters. The Balaban J connectivity index is 2.29. The Hall–Kier alpha value is -1.34. The van der Waals surface area contributed by atoms with Crippen LogP contribution in [0.1, 0.15) is 35.9 Å². The van der Waals surface area contributed by atoms with Crippen molar-refractivity contribution in [1.82, 2.24) is 10.2 Å². The molecule has 4 N–H and O–H groups in total. The topological polar surface area (TPSA) is 83.8 Å². The number of carbonyl (C=O) groups excluding carboxylic acids is 1. The quantitative estimate of drug-likeness (QED) is 0.729. The van der Waals surface area contributed by atoms with Crippen LogP contribution in [0.25, 0.3) is 0 Å². The molecule has 2 rings (SSSR count). The lowest BCUT2D eigenvalue weighted by Crippen LogP contribution is -2.15. The Labute approximate surface area is 133 Å². The normalized spacial score (nSPS) is 10.8. The molecular weight excluding hydrogens is 388 g/mol. The highest BCUT2D eigenvalue weighted by molar-refractivity contribution is 9.11. The molecule has 1 amide bonds. The van der Waals surface area contributed by atoms with Gasteiger partial charge in [-0.05, 0) is 49.9 Å². The number of anilines is 2. The zero-order valence-electron chi connectivity index (χ0n) is 11.0. The molecule has 0 unspecified atom stereocenters. The number of halogens is 2. The minimum atomic E-state index is -0.349. The highest BCUT2D eigenvalue weighted by atomic mass is 79.9. The van der Waals surface area contributed by atoms with Crippen molar-refractivity contribution in [2.24, 2.45) is 0 Å². The molecule has 20 heavy (non-hydrogen) atoms. The second kappa shape index (κ2) is 5.97. The van der Waals surface area contributed by atoms with Crippen molar-refractivity contribution < 1.29 is 4.79 Å². The lowest BCUT2D eigenvalue weighted by atomic mass is 10.1. The van der Waals surface area contributed by atoms with Crippen LogP contribution >= 0.6 is 31.9 Å². The number of para-hydroxylation sites is 1. The maximum absolute atomic E-state index is 12.3. The fourth-order valence-corrected chi connectivity index (χ4v) is 2.96. The second-order valence-electron chi connectivity index (χ2n) is 4.61. The van der Waals surface area contributed by atoms with Crippen LogP contribution in [0, 0.1) is 0 Å². The van der Waals surface area contributed by atoms with Gasteiger partial charge in [0, 0.05) is 8.95 Å². The van der Waals surface area contributed by atoms with Gasteiger partial charge in [-0.2, -0.15) is 5.10 Å². The second-order valence-corrected chi connectivity index (χ2v) is 6.31. The summed E-state index contributed by atoms with van der Waals surface area (Å²) in [5, 5.41) is 9.60. The number of H-pyrrole nitrogens is 1. The molecule has 1 aromatic heterocycles. The fourth-order valence-electron chi connectivity index (χ4n) is 1.77. The average Bonchev–Trinajstić information content (AvgIpc) is 2.76. The van der Waals surface area contributed by atoms with E-state index in [9.17, 15) is 4.79 Å². The van der Waals surface area contributed by atoms with Crippen molar-refractivity contribution >= 4 is 49.1 Å². The monoisotopic (exact) mass is 400 g/mol. The van der Waals surface area contributed by atoms with Crippen LogP contribution in [-0.4, -0.2) is 16.1 Å². The third-order valence-electron chi connectivity index (χ3n) is 2.83. The summed E-state index contributed by atoms with van der Waals surface area (Å²) >= 11 is 6.78. The molecule has 0 aliphatic heterocycles. The summed E-state index contributed by atoms with van der Waals surface area (Å²) < 4.78 is 1.55. The van der Waals surface area contributed by atoms with E-state index in [1.807, 2.05) is 32.0 Å². The van der Waals surface area contributed by atoms with E-state index in [1.165, 1.54) is 0 Å². The van der Waals surface area contributed by atoms with Gasteiger partial charge in [0.25, 0.3) is 5.91 Å². The van der Waals surface area contributed by atoms with Crippen molar-refractivity contribution in [1.29, 1.82) is 0 Å². The van der Waals surface area contributed by atoms with E-state index >= 15 is 0 Å². The molecule has 0 saturated heterocycles. The van der Waals surface area contributed by atoms with E-state index < -0.39 is 0 Å². The van der Waals surface area contributed by atoms with Gasteiger partial charge in [-0.3, -0.25) is 9.89 Å². The summed E-state index contributed by atoms with van der Waals surface area (Å²) in [7, 11) is 0. The first kappa shape index (κ1) is 15.1. The standard InChI is InChI=1S/C13H14Br2N4O/c1-6(2)10-9(16)12(19-18-10)13(20)17-11-7(14)4-3-5-8(11)15/h3-6H,16H2,1-2H3,(H,17,20)(H,18,19). The van der Waals surface area contributed by atoms with E-state index in [1.54, 1.807) is 0 Å². The van der Waals surface area contributed by atoms with Gasteiger partial charge in [0.2, 0.25) is 0 Å². The van der Waals surface area contributed by atoms with Crippen LogP contribution in [0.4, 0.5) is 11.4 Å². The molecule has 2 aromatic rings. The summed E-state index contributed by atoms with van der Waals surface area (Å²) in [4.78, 5) is 12.3. The van der Waals surface area contributed by atoms with Crippen molar-refractivity contribution in [3.63, 3.8) is 0 Å². The van der Waals surface area contributed by atoms with E-state index in [4.69, 9.17) is 5.73 Å². The molecule has 106 valence electrons. The summed E-state index contributed by atoms with van der Waals surface area (Å²) in [6.45, 7) is 3.96. The molecule has 1 aromatic carbocycles. The predicted octanol–water partition coefficient (Wildman–Crippen LogP) is 3.89. The van der Waals surface area contributed by atoms with Gasteiger partial charge in [0.05, 0.1) is 17.1 Å². The number of nitrogens with zero attached hydrogens (tertiary/aromatic N) is 1. The van der Waals surface area contributed by atoms with E-state index in [2.05, 4.69) is 47.4 Å². The van der Waals surface area contributed by atoms with Crippen molar-refractivity contribution in [2.45, 2.75) is 19.8 Å². The zero-order valence-corrected chi connectivity index (χ0v) is 14.2. The Kier molecular flexibility index (Phi) is 4.49. The zero-order chi connectivity index (χ0) is 14.9. The smallest absolute Gasteiger partial charge is 0.278 e. The molecule has 0 fully saturated rings. The molecule has 0 bridgehead atoms. The number of aromatic nitrogens is 2. The number of rotatable bonds is 3. The average molecular weight is 402 g/mol. The largest absolute Gasteiger partial charge is 0.395 e. The van der Waals surface area contributed by atoms with Gasteiger partial charge in [-0.1, -0.05) is 19.9 Å². The Morgan fingerprint density at radius 1 is 1.35 bits per heavy atom. The number of amides is 1. The van der Waals surface area contributed by atoms with Crippen LogP contribution in [0.3, 0.4) is 0 Å². The van der Waals surface area contributed by atoms with Crippen LogP contribution in [0.5, 0.6) is 0 Å². The molecular formula is C13H14Br2N4O. The van der Waals surface area contributed by atoms with Crippen molar-refractivity contribution in [3.05, 3.63) is 38.5 Å². The van der Waals surface area contributed by atoms with E-state index in [0.717, 1.165) is 14.6 Å². The number of benzene rings is 1. The van der Waals surface area contributed by atoms with E-state index in [0.29, 0.717) is 11.4 Å². The van der Waals surface area contributed by atoms with Crippen LogP contribution < -0.4 is 11.1 Å². The number of hydrogen-bond donors (Lipinski definition) is 3. The number of nitrogens with two attached hydrogens (primary N) is 1. The Bertz CT molecular complexity index is 632. The van der Waals surface area contributed by atoms with Gasteiger partial charge in [0.1, 0.15) is 0 Å². The van der Waals surface area contributed by atoms with Gasteiger partial charge in [-0.15, -0.1) is 0 Å². The summed E-state index contributed by atoms with van der Waals surface area (Å²) in [5.74, 6) is -0.169. The van der Waals surface area contributed by atoms with Gasteiger partial charge >= 0.3 is 0 Å². The highest BCUT2D eigenvalue weighted by Crippen LogP contribution is 2.31. The number of nitrogen functional groups attached to an aromatic ring is 1. The summed E-state index contributed by atoms with van der Waals surface area (Å²) in [6, 6.07) is 5.55. The number of aromatic amines is 1. The maximum Gasteiger partial charge on any atom is 0.278 e. The first-order valence-corrected chi connectivity index (χ1v) is 7.59. The predicted molar refractivity (Wildman–Crippen MR) is 86.9 cm³/mol. The first-order valence-electron chi connectivity index (χ1n) is 6.01. The Morgan fingerprint density at radius 2 is 1.95 bits per heavy atom. The minimum Gasteiger partial charge on any atom is -0.395 e. The lowest BCUT2D eigenvalue weighted by molar-refractivity contribution is 0.102.